The third kappa shape index (κ3) is 1.63. The second-order valence-corrected chi connectivity index (χ2v) is 5.00. The average molecular weight is 237 g/mol. The first-order valence-corrected chi connectivity index (χ1v) is 6.01. The van der Waals surface area contributed by atoms with E-state index >= 15 is 0 Å². The van der Waals surface area contributed by atoms with E-state index in [2.05, 4.69) is 10.6 Å². The van der Waals surface area contributed by atoms with Gasteiger partial charge in [0.2, 0.25) is 17.7 Å². The number of amides is 3. The molecule has 92 valence electrons. The molecule has 0 bridgehead atoms. The number of rotatable bonds is 1. The third-order valence-corrected chi connectivity index (χ3v) is 3.96. The van der Waals surface area contributed by atoms with Crippen LogP contribution in [0, 0.1) is 17.8 Å². The molecule has 0 aromatic carbocycles. The number of imide groups is 1. The molecule has 17 heavy (non-hydrogen) atoms. The van der Waals surface area contributed by atoms with Crippen LogP contribution in [-0.2, 0) is 14.4 Å². The monoisotopic (exact) mass is 237 g/mol. The fraction of sp³-hybridized carbons (Fsp3) is 0.727. The van der Waals surface area contributed by atoms with Crippen LogP contribution in [0.15, 0.2) is 0 Å². The predicted molar refractivity (Wildman–Crippen MR) is 57.7 cm³/mol. The summed E-state index contributed by atoms with van der Waals surface area (Å²) in [5, 5.41) is 5.47. The predicted octanol–water partition coefficient (Wildman–Crippen LogP) is -1.67. The number of likely N-dealkylation sites (tertiary alicyclic amines) is 1. The number of hydrogen-bond acceptors (Lipinski definition) is 4. The number of carbonyl (C=O) groups excluding carboxylic acids is 3. The molecule has 0 aliphatic carbocycles. The molecule has 3 aliphatic rings. The Balaban J connectivity index is 1.70. The third-order valence-electron chi connectivity index (χ3n) is 3.96. The van der Waals surface area contributed by atoms with E-state index < -0.39 is 0 Å². The van der Waals surface area contributed by atoms with Crippen LogP contribution in [0.4, 0.5) is 0 Å². The summed E-state index contributed by atoms with van der Waals surface area (Å²) >= 11 is 0. The Hall–Kier alpha value is -1.43. The lowest BCUT2D eigenvalue weighted by atomic mass is 10.00. The Labute approximate surface area is 98.7 Å². The molecule has 2 N–H and O–H groups in total. The lowest BCUT2D eigenvalue weighted by Gasteiger charge is -2.20. The summed E-state index contributed by atoms with van der Waals surface area (Å²) in [5.74, 6) is -0.974. The van der Waals surface area contributed by atoms with E-state index in [1.807, 2.05) is 0 Å². The minimum Gasteiger partial charge on any atom is -0.341 e. The van der Waals surface area contributed by atoms with Crippen molar-refractivity contribution in [1.82, 2.24) is 15.5 Å². The number of nitrogens with zero attached hydrogens (tertiary/aromatic N) is 1. The molecular formula is C11H15N3O3. The van der Waals surface area contributed by atoms with Crippen molar-refractivity contribution >= 4 is 17.7 Å². The highest BCUT2D eigenvalue weighted by Gasteiger charge is 2.49. The van der Waals surface area contributed by atoms with Crippen LogP contribution in [0.5, 0.6) is 0 Å². The Bertz CT molecular complexity index is 367. The SMILES string of the molecule is O=C1NC(=O)[C@@H]2CN(C(=O)[C@@H]3CCNC3)C[C@H]12. The van der Waals surface area contributed by atoms with Crippen molar-refractivity contribution in [1.29, 1.82) is 0 Å². The lowest BCUT2D eigenvalue weighted by Crippen LogP contribution is -2.39. The summed E-state index contributed by atoms with van der Waals surface area (Å²) in [7, 11) is 0. The molecule has 6 nitrogen and oxygen atoms in total. The summed E-state index contributed by atoms with van der Waals surface area (Å²) in [6.45, 7) is 2.39. The number of carbonyl (C=O) groups is 3. The molecule has 3 amide bonds. The van der Waals surface area contributed by atoms with Gasteiger partial charge in [-0.15, -0.1) is 0 Å². The molecule has 3 fully saturated rings. The van der Waals surface area contributed by atoms with Crippen molar-refractivity contribution in [2.45, 2.75) is 6.42 Å². The largest absolute Gasteiger partial charge is 0.341 e. The summed E-state index contributed by atoms with van der Waals surface area (Å²) in [6.07, 6.45) is 0.852. The van der Waals surface area contributed by atoms with Crippen LogP contribution in [0.2, 0.25) is 0 Å². The van der Waals surface area contributed by atoms with E-state index in [-0.39, 0.29) is 35.5 Å². The molecule has 0 saturated carbocycles. The van der Waals surface area contributed by atoms with Crippen LogP contribution < -0.4 is 10.6 Å². The first-order valence-electron chi connectivity index (χ1n) is 6.01. The Morgan fingerprint density at radius 2 is 1.82 bits per heavy atom. The Kier molecular flexibility index (Phi) is 2.39. The highest BCUT2D eigenvalue weighted by molar-refractivity contribution is 6.06. The topological polar surface area (TPSA) is 78.5 Å². The van der Waals surface area contributed by atoms with Crippen molar-refractivity contribution in [3.8, 4) is 0 Å². The van der Waals surface area contributed by atoms with Crippen molar-refractivity contribution in [2.75, 3.05) is 26.2 Å². The van der Waals surface area contributed by atoms with Crippen molar-refractivity contribution in [3.05, 3.63) is 0 Å². The van der Waals surface area contributed by atoms with E-state index in [0.29, 0.717) is 19.6 Å². The molecular weight excluding hydrogens is 222 g/mol. The Morgan fingerprint density at radius 1 is 1.18 bits per heavy atom. The smallest absolute Gasteiger partial charge is 0.232 e. The van der Waals surface area contributed by atoms with Gasteiger partial charge in [-0.1, -0.05) is 0 Å². The van der Waals surface area contributed by atoms with Gasteiger partial charge in [-0.25, -0.2) is 0 Å². The normalized spacial score (nSPS) is 36.2. The molecule has 3 atom stereocenters. The van der Waals surface area contributed by atoms with Crippen LogP contribution in [0.25, 0.3) is 0 Å². The summed E-state index contributed by atoms with van der Waals surface area (Å²) in [5.41, 5.74) is 0. The summed E-state index contributed by atoms with van der Waals surface area (Å²) < 4.78 is 0. The van der Waals surface area contributed by atoms with Gasteiger partial charge < -0.3 is 10.2 Å². The van der Waals surface area contributed by atoms with Crippen LogP contribution in [0.3, 0.4) is 0 Å². The van der Waals surface area contributed by atoms with Crippen molar-refractivity contribution in [2.24, 2.45) is 17.8 Å². The van der Waals surface area contributed by atoms with E-state index in [4.69, 9.17) is 0 Å². The van der Waals surface area contributed by atoms with E-state index in [1.165, 1.54) is 0 Å². The first-order chi connectivity index (χ1) is 8.16. The maximum atomic E-state index is 12.1. The van der Waals surface area contributed by atoms with Gasteiger partial charge in [-0.05, 0) is 13.0 Å². The highest BCUT2D eigenvalue weighted by atomic mass is 16.2. The molecule has 0 aromatic rings. The first kappa shape index (κ1) is 10.7. The molecule has 6 heteroatoms. The number of fused-ring (bicyclic) bond motifs is 1. The van der Waals surface area contributed by atoms with Crippen LogP contribution in [-0.4, -0.2) is 48.8 Å². The van der Waals surface area contributed by atoms with E-state index in [1.54, 1.807) is 4.90 Å². The maximum Gasteiger partial charge on any atom is 0.232 e. The molecule has 3 rings (SSSR count). The molecule has 3 aliphatic heterocycles. The zero-order valence-corrected chi connectivity index (χ0v) is 9.44. The van der Waals surface area contributed by atoms with Gasteiger partial charge >= 0.3 is 0 Å². The number of nitrogens with one attached hydrogen (secondary N) is 2. The summed E-state index contributed by atoms with van der Waals surface area (Å²) in [4.78, 5) is 36.8. The van der Waals surface area contributed by atoms with Gasteiger partial charge in [-0.2, -0.15) is 0 Å². The van der Waals surface area contributed by atoms with Crippen LogP contribution >= 0.6 is 0 Å². The fourth-order valence-corrected chi connectivity index (χ4v) is 2.95. The molecule has 3 heterocycles. The van der Waals surface area contributed by atoms with Gasteiger partial charge in [0.05, 0.1) is 17.8 Å². The maximum absolute atomic E-state index is 12.1. The zero-order valence-electron chi connectivity index (χ0n) is 9.44. The van der Waals surface area contributed by atoms with E-state index in [0.717, 1.165) is 13.0 Å². The van der Waals surface area contributed by atoms with Gasteiger partial charge in [0, 0.05) is 19.6 Å². The van der Waals surface area contributed by atoms with Gasteiger partial charge in [0.15, 0.2) is 0 Å². The second kappa shape index (κ2) is 3.80. The quantitative estimate of drug-likeness (QED) is 0.534. The van der Waals surface area contributed by atoms with Crippen molar-refractivity contribution in [3.63, 3.8) is 0 Å². The Morgan fingerprint density at radius 3 is 2.35 bits per heavy atom. The van der Waals surface area contributed by atoms with E-state index in [9.17, 15) is 14.4 Å². The van der Waals surface area contributed by atoms with Crippen molar-refractivity contribution < 1.29 is 14.4 Å². The minimum atomic E-state index is -0.319. The van der Waals surface area contributed by atoms with Crippen LogP contribution in [0.1, 0.15) is 6.42 Å². The lowest BCUT2D eigenvalue weighted by molar-refractivity contribution is -0.134. The fourth-order valence-electron chi connectivity index (χ4n) is 2.95. The standard InChI is InChI=1S/C11H15N3O3/c15-9-7-4-14(5-8(7)10(16)13-9)11(17)6-1-2-12-3-6/h6-8,12H,1-5H2,(H,13,15,16)/t6-,7-,8+/m1/s1. The molecule has 0 aromatic heterocycles. The second-order valence-electron chi connectivity index (χ2n) is 5.00. The van der Waals surface area contributed by atoms with Gasteiger partial charge in [0.1, 0.15) is 0 Å². The number of hydrogen-bond donors (Lipinski definition) is 2. The molecule has 0 radical (unpaired) electrons. The van der Waals surface area contributed by atoms with Gasteiger partial charge in [-0.3, -0.25) is 19.7 Å². The van der Waals surface area contributed by atoms with Gasteiger partial charge in [0.25, 0.3) is 0 Å². The zero-order chi connectivity index (χ0) is 12.0. The molecule has 0 unspecified atom stereocenters. The molecule has 0 spiro atoms. The minimum absolute atomic E-state index is 0.0204. The average Bonchev–Trinajstić information content (AvgIpc) is 3.00. The molecule has 3 saturated heterocycles. The summed E-state index contributed by atoms with van der Waals surface area (Å²) in [6, 6.07) is 0. The highest BCUT2D eigenvalue weighted by Crippen LogP contribution is 2.29.